The van der Waals surface area contributed by atoms with E-state index in [0.717, 1.165) is 0 Å². The van der Waals surface area contributed by atoms with Gasteiger partial charge in [-0.05, 0) is 33.1 Å². The number of hydrogen-bond acceptors (Lipinski definition) is 5. The molecule has 1 saturated carbocycles. The molecule has 19 heavy (non-hydrogen) atoms. The lowest BCUT2D eigenvalue weighted by molar-refractivity contribution is 0.0494. The third-order valence-electron chi connectivity index (χ3n) is 3.24. The van der Waals surface area contributed by atoms with Crippen molar-refractivity contribution in [1.29, 1.82) is 0 Å². The minimum atomic E-state index is -3.06. The molecule has 0 spiro atoms. The van der Waals surface area contributed by atoms with Gasteiger partial charge in [0, 0.05) is 12.3 Å². The summed E-state index contributed by atoms with van der Waals surface area (Å²) in [6, 6.07) is 0. The zero-order valence-corrected chi connectivity index (χ0v) is 12.8. The van der Waals surface area contributed by atoms with E-state index in [1.807, 2.05) is 0 Å². The van der Waals surface area contributed by atoms with Gasteiger partial charge in [0.05, 0.1) is 11.3 Å². The van der Waals surface area contributed by atoms with Crippen molar-refractivity contribution in [2.24, 2.45) is 11.7 Å². The zero-order chi connectivity index (χ0) is 14.9. The molecule has 0 aromatic heterocycles. The Kier molecular flexibility index (Phi) is 4.51. The van der Waals surface area contributed by atoms with Crippen LogP contribution in [0.4, 0.5) is 4.79 Å². The van der Waals surface area contributed by atoms with Gasteiger partial charge in [-0.3, -0.25) is 0 Å². The van der Waals surface area contributed by atoms with Crippen LogP contribution in [-0.2, 0) is 14.6 Å². The van der Waals surface area contributed by atoms with Crippen LogP contribution in [0.15, 0.2) is 0 Å². The first kappa shape index (κ1) is 16.2. The highest BCUT2D eigenvalue weighted by Crippen LogP contribution is 2.43. The van der Waals surface area contributed by atoms with Crippen LogP contribution in [0.25, 0.3) is 0 Å². The molecule has 1 fully saturated rings. The Hall–Kier alpha value is -0.820. The lowest BCUT2D eigenvalue weighted by Crippen LogP contribution is -2.47. The molecule has 0 aromatic rings. The van der Waals surface area contributed by atoms with Crippen molar-refractivity contribution in [2.45, 2.75) is 45.3 Å². The maximum atomic E-state index is 11.7. The molecule has 0 aromatic carbocycles. The molecule has 0 saturated heterocycles. The van der Waals surface area contributed by atoms with Crippen molar-refractivity contribution < 1.29 is 17.9 Å². The largest absolute Gasteiger partial charge is 0.444 e. The van der Waals surface area contributed by atoms with E-state index in [2.05, 4.69) is 5.32 Å². The van der Waals surface area contributed by atoms with Gasteiger partial charge in [-0.1, -0.05) is 6.92 Å². The predicted octanol–water partition coefficient (Wildman–Crippen LogP) is 0.663. The third kappa shape index (κ3) is 4.65. The smallest absolute Gasteiger partial charge is 0.408 e. The van der Waals surface area contributed by atoms with E-state index in [4.69, 9.17) is 10.5 Å². The first-order chi connectivity index (χ1) is 8.53. The van der Waals surface area contributed by atoms with E-state index in [1.54, 1.807) is 27.7 Å². The number of sulfone groups is 1. The number of amides is 1. The SMILES string of the molecule is CCS(=O)(=O)CC1CC1(CN)NC(=O)OC(C)(C)C. The molecule has 1 amide bonds. The Morgan fingerprint density at radius 3 is 2.47 bits per heavy atom. The average Bonchev–Trinajstić information content (AvgIpc) is 2.88. The Morgan fingerprint density at radius 2 is 2.05 bits per heavy atom. The van der Waals surface area contributed by atoms with Crippen LogP contribution < -0.4 is 11.1 Å². The summed E-state index contributed by atoms with van der Waals surface area (Å²) in [7, 11) is -3.06. The lowest BCUT2D eigenvalue weighted by Gasteiger charge is -2.23. The molecule has 2 unspecified atom stereocenters. The lowest BCUT2D eigenvalue weighted by atomic mass is 10.2. The molecule has 7 heteroatoms. The van der Waals surface area contributed by atoms with Crippen LogP contribution in [-0.4, -0.2) is 43.7 Å². The van der Waals surface area contributed by atoms with Crippen LogP contribution in [0, 0.1) is 5.92 Å². The maximum Gasteiger partial charge on any atom is 0.408 e. The summed E-state index contributed by atoms with van der Waals surface area (Å²) in [4.78, 5) is 11.7. The van der Waals surface area contributed by atoms with Gasteiger partial charge in [-0.25, -0.2) is 13.2 Å². The number of alkyl carbamates (subject to hydrolysis) is 1. The Bertz CT molecular complexity index is 441. The van der Waals surface area contributed by atoms with Crippen molar-refractivity contribution in [1.82, 2.24) is 5.32 Å². The van der Waals surface area contributed by atoms with E-state index < -0.39 is 27.1 Å². The first-order valence-corrected chi connectivity index (χ1v) is 8.27. The highest BCUT2D eigenvalue weighted by Gasteiger charge is 2.56. The topological polar surface area (TPSA) is 98.5 Å². The summed E-state index contributed by atoms with van der Waals surface area (Å²) in [5.41, 5.74) is 4.46. The summed E-state index contributed by atoms with van der Waals surface area (Å²) in [5, 5.41) is 2.72. The molecule has 1 rings (SSSR count). The van der Waals surface area contributed by atoms with Crippen LogP contribution >= 0.6 is 0 Å². The fraction of sp³-hybridized carbons (Fsp3) is 0.917. The number of hydrogen-bond donors (Lipinski definition) is 2. The summed E-state index contributed by atoms with van der Waals surface area (Å²) < 4.78 is 28.3. The molecule has 2 atom stereocenters. The second-order valence-electron chi connectivity index (χ2n) is 6.09. The highest BCUT2D eigenvalue weighted by molar-refractivity contribution is 7.91. The standard InChI is InChI=1S/C12H24N2O4S/c1-5-19(16,17)7-9-6-12(9,8-13)14-10(15)18-11(2,3)4/h9H,5-8,13H2,1-4H3,(H,14,15). The van der Waals surface area contributed by atoms with Crippen LogP contribution in [0.2, 0.25) is 0 Å². The van der Waals surface area contributed by atoms with Gasteiger partial charge in [-0.2, -0.15) is 0 Å². The number of nitrogens with two attached hydrogens (primary N) is 1. The normalized spacial score (nSPS) is 26.9. The molecular weight excluding hydrogens is 268 g/mol. The average molecular weight is 292 g/mol. The van der Waals surface area contributed by atoms with E-state index in [1.165, 1.54) is 0 Å². The van der Waals surface area contributed by atoms with E-state index in [-0.39, 0.29) is 24.0 Å². The fourth-order valence-electron chi connectivity index (χ4n) is 1.98. The van der Waals surface area contributed by atoms with Crippen molar-refractivity contribution in [3.63, 3.8) is 0 Å². The number of carbonyl (C=O) groups is 1. The Labute approximate surface area is 115 Å². The second-order valence-corrected chi connectivity index (χ2v) is 8.48. The molecule has 0 radical (unpaired) electrons. The van der Waals surface area contributed by atoms with Gasteiger partial charge in [0.15, 0.2) is 0 Å². The number of rotatable bonds is 5. The fourth-order valence-corrected chi connectivity index (χ4v) is 3.27. The Morgan fingerprint density at radius 1 is 1.47 bits per heavy atom. The second kappa shape index (κ2) is 5.28. The van der Waals surface area contributed by atoms with E-state index in [9.17, 15) is 13.2 Å². The molecule has 1 aliphatic rings. The van der Waals surface area contributed by atoms with Crippen molar-refractivity contribution in [3.8, 4) is 0 Å². The first-order valence-electron chi connectivity index (χ1n) is 6.45. The van der Waals surface area contributed by atoms with Crippen molar-refractivity contribution >= 4 is 15.9 Å². The molecular formula is C12H24N2O4S. The molecule has 1 aliphatic carbocycles. The predicted molar refractivity (Wildman–Crippen MR) is 73.6 cm³/mol. The van der Waals surface area contributed by atoms with Gasteiger partial charge in [0.25, 0.3) is 0 Å². The zero-order valence-electron chi connectivity index (χ0n) is 12.0. The number of carbonyl (C=O) groups excluding carboxylic acids is 1. The van der Waals surface area contributed by atoms with Gasteiger partial charge in [0.2, 0.25) is 0 Å². The van der Waals surface area contributed by atoms with E-state index in [0.29, 0.717) is 6.42 Å². The van der Waals surface area contributed by atoms with Crippen molar-refractivity contribution in [3.05, 3.63) is 0 Å². The molecule has 0 heterocycles. The van der Waals surface area contributed by atoms with Crippen LogP contribution in [0.3, 0.4) is 0 Å². The summed E-state index contributed by atoms with van der Waals surface area (Å²) in [6.45, 7) is 7.15. The monoisotopic (exact) mass is 292 g/mol. The van der Waals surface area contributed by atoms with Crippen molar-refractivity contribution in [2.75, 3.05) is 18.1 Å². The van der Waals surface area contributed by atoms with Gasteiger partial charge in [0.1, 0.15) is 15.4 Å². The summed E-state index contributed by atoms with van der Waals surface area (Å²) in [5.74, 6) is 0.0579. The molecule has 0 bridgehead atoms. The van der Waals surface area contributed by atoms with Crippen LogP contribution in [0.1, 0.15) is 34.1 Å². The molecule has 112 valence electrons. The van der Waals surface area contributed by atoms with Gasteiger partial charge >= 0.3 is 6.09 Å². The van der Waals surface area contributed by atoms with Gasteiger partial charge in [-0.15, -0.1) is 0 Å². The molecule has 3 N–H and O–H groups in total. The Balaban J connectivity index is 2.59. The summed E-state index contributed by atoms with van der Waals surface area (Å²) in [6.07, 6.45) is 0.0384. The minimum Gasteiger partial charge on any atom is -0.444 e. The maximum absolute atomic E-state index is 11.7. The van der Waals surface area contributed by atoms with Gasteiger partial charge < -0.3 is 15.8 Å². The van der Waals surface area contributed by atoms with Crippen LogP contribution in [0.5, 0.6) is 0 Å². The summed E-state index contributed by atoms with van der Waals surface area (Å²) >= 11 is 0. The highest BCUT2D eigenvalue weighted by atomic mass is 32.2. The molecule has 0 aliphatic heterocycles. The quantitative estimate of drug-likeness (QED) is 0.775. The number of ether oxygens (including phenoxy) is 1. The van der Waals surface area contributed by atoms with E-state index >= 15 is 0 Å². The number of nitrogens with one attached hydrogen (secondary N) is 1. The minimum absolute atomic E-state index is 0.0660. The molecule has 6 nitrogen and oxygen atoms in total. The third-order valence-corrected chi connectivity index (χ3v) is 5.03.